The molecule has 0 aromatic rings. The van der Waals surface area contributed by atoms with Gasteiger partial charge in [0.15, 0.2) is 0 Å². The molecule has 0 aliphatic carbocycles. The Balaban J connectivity index is 2.35. The van der Waals surface area contributed by atoms with Crippen LogP contribution in [0.5, 0.6) is 0 Å². The Morgan fingerprint density at radius 3 is 2.50 bits per heavy atom. The van der Waals surface area contributed by atoms with Gasteiger partial charge in [0.1, 0.15) is 5.54 Å². The summed E-state index contributed by atoms with van der Waals surface area (Å²) in [6.45, 7) is 11.9. The van der Waals surface area contributed by atoms with Crippen LogP contribution in [0.2, 0.25) is 0 Å². The zero-order valence-corrected chi connectivity index (χ0v) is 13.8. The average Bonchev–Trinajstić information content (AvgIpc) is 2.50. The van der Waals surface area contributed by atoms with E-state index in [2.05, 4.69) is 42.1 Å². The Kier molecular flexibility index (Phi) is 7.50. The van der Waals surface area contributed by atoms with Crippen molar-refractivity contribution in [2.75, 3.05) is 39.8 Å². The Bertz CT molecular complexity index is 304. The molecule has 1 rings (SSSR count). The largest absolute Gasteiger partial charge is 0.303 e. The van der Waals surface area contributed by atoms with Gasteiger partial charge < -0.3 is 9.80 Å². The predicted octanol–water partition coefficient (Wildman–Crippen LogP) is 2.07. The van der Waals surface area contributed by atoms with Crippen LogP contribution in [-0.4, -0.2) is 61.2 Å². The lowest BCUT2D eigenvalue weighted by molar-refractivity contribution is 0.126. The van der Waals surface area contributed by atoms with Crippen LogP contribution in [0.25, 0.3) is 0 Å². The Morgan fingerprint density at radius 1 is 1.35 bits per heavy atom. The summed E-state index contributed by atoms with van der Waals surface area (Å²) in [6, 6.07) is 3.13. The van der Waals surface area contributed by atoms with Crippen molar-refractivity contribution in [2.24, 2.45) is 0 Å². The van der Waals surface area contributed by atoms with E-state index in [4.69, 9.17) is 0 Å². The summed E-state index contributed by atoms with van der Waals surface area (Å²) >= 11 is 0. The van der Waals surface area contributed by atoms with Gasteiger partial charge in [-0.05, 0) is 65.8 Å². The van der Waals surface area contributed by atoms with Crippen LogP contribution in [0.3, 0.4) is 0 Å². The molecule has 0 radical (unpaired) electrons. The second-order valence-electron chi connectivity index (χ2n) is 6.27. The van der Waals surface area contributed by atoms with Crippen molar-refractivity contribution in [1.29, 1.82) is 5.26 Å². The summed E-state index contributed by atoms with van der Waals surface area (Å²) < 4.78 is 0. The highest BCUT2D eigenvalue weighted by Gasteiger charge is 2.26. The zero-order valence-electron chi connectivity index (χ0n) is 13.8. The van der Waals surface area contributed by atoms with Crippen molar-refractivity contribution >= 4 is 0 Å². The summed E-state index contributed by atoms with van der Waals surface area (Å²) in [4.78, 5) is 4.97. The van der Waals surface area contributed by atoms with Crippen molar-refractivity contribution < 1.29 is 0 Å². The minimum atomic E-state index is -0.381. The molecule has 0 spiro atoms. The van der Waals surface area contributed by atoms with E-state index < -0.39 is 0 Å². The highest BCUT2D eigenvalue weighted by Crippen LogP contribution is 2.17. The van der Waals surface area contributed by atoms with Gasteiger partial charge in [-0.3, -0.25) is 5.32 Å². The fraction of sp³-hybridized carbons (Fsp3) is 0.938. The fourth-order valence-electron chi connectivity index (χ4n) is 2.84. The van der Waals surface area contributed by atoms with Gasteiger partial charge >= 0.3 is 0 Å². The first-order chi connectivity index (χ1) is 9.54. The average molecular weight is 280 g/mol. The minimum Gasteiger partial charge on any atom is -0.303 e. The van der Waals surface area contributed by atoms with Crippen LogP contribution in [0.15, 0.2) is 0 Å². The number of hydrogen-bond donors (Lipinski definition) is 1. The molecule has 1 heterocycles. The van der Waals surface area contributed by atoms with E-state index in [0.29, 0.717) is 6.04 Å². The maximum atomic E-state index is 9.36. The molecule has 4 nitrogen and oxygen atoms in total. The first-order valence-corrected chi connectivity index (χ1v) is 8.13. The maximum Gasteiger partial charge on any atom is 0.105 e. The Morgan fingerprint density at radius 2 is 2.00 bits per heavy atom. The molecule has 1 aliphatic rings. The Labute approximate surface area is 125 Å². The molecule has 0 saturated carbocycles. The van der Waals surface area contributed by atoms with E-state index in [1.165, 1.54) is 32.5 Å². The van der Waals surface area contributed by atoms with Gasteiger partial charge in [-0.25, -0.2) is 0 Å². The summed E-state index contributed by atoms with van der Waals surface area (Å²) in [5.41, 5.74) is -0.381. The van der Waals surface area contributed by atoms with E-state index in [1.54, 1.807) is 0 Å². The maximum absolute atomic E-state index is 9.36. The van der Waals surface area contributed by atoms with E-state index >= 15 is 0 Å². The lowest BCUT2D eigenvalue weighted by Crippen LogP contribution is -2.47. The van der Waals surface area contributed by atoms with Crippen molar-refractivity contribution in [3.63, 3.8) is 0 Å². The third kappa shape index (κ3) is 5.40. The second kappa shape index (κ2) is 8.61. The molecule has 116 valence electrons. The molecule has 20 heavy (non-hydrogen) atoms. The molecule has 0 bridgehead atoms. The van der Waals surface area contributed by atoms with Gasteiger partial charge in [0.05, 0.1) is 6.07 Å². The molecule has 0 amide bonds. The molecule has 1 saturated heterocycles. The number of hydrogen-bond acceptors (Lipinski definition) is 4. The van der Waals surface area contributed by atoms with Gasteiger partial charge in [0, 0.05) is 12.6 Å². The highest BCUT2D eigenvalue weighted by molar-refractivity contribution is 5.04. The molecule has 1 aliphatic heterocycles. The second-order valence-corrected chi connectivity index (χ2v) is 6.27. The first-order valence-electron chi connectivity index (χ1n) is 8.13. The number of nitrogens with one attached hydrogen (secondary N) is 1. The number of rotatable bonds is 8. The van der Waals surface area contributed by atoms with Crippen LogP contribution >= 0.6 is 0 Å². The fourth-order valence-corrected chi connectivity index (χ4v) is 2.84. The topological polar surface area (TPSA) is 42.3 Å². The first kappa shape index (κ1) is 17.4. The molecule has 1 fully saturated rings. The summed E-state index contributed by atoms with van der Waals surface area (Å²) in [5, 5.41) is 12.7. The third-order valence-electron chi connectivity index (χ3n) is 4.60. The van der Waals surface area contributed by atoms with Crippen molar-refractivity contribution in [3.8, 4) is 6.07 Å². The molecular weight excluding hydrogens is 248 g/mol. The standard InChI is InChI=1S/C16H32N4/c1-5-10-18-16(3,14-17)9-13-19(4)15-7-11-20(6-2)12-8-15/h15,18H,5-13H2,1-4H3. The third-order valence-corrected chi connectivity index (χ3v) is 4.60. The van der Waals surface area contributed by atoms with Crippen LogP contribution < -0.4 is 5.32 Å². The van der Waals surface area contributed by atoms with E-state index in [-0.39, 0.29) is 5.54 Å². The number of likely N-dealkylation sites (tertiary alicyclic amines) is 1. The van der Waals surface area contributed by atoms with Crippen LogP contribution in [0, 0.1) is 11.3 Å². The van der Waals surface area contributed by atoms with Gasteiger partial charge in [-0.1, -0.05) is 13.8 Å². The van der Waals surface area contributed by atoms with Gasteiger partial charge in [0.2, 0.25) is 0 Å². The molecule has 1 unspecified atom stereocenters. The highest BCUT2D eigenvalue weighted by atomic mass is 15.2. The van der Waals surface area contributed by atoms with E-state index in [0.717, 1.165) is 25.9 Å². The SMILES string of the molecule is CCCNC(C)(C#N)CCN(C)C1CCN(CC)CC1. The minimum absolute atomic E-state index is 0.381. The van der Waals surface area contributed by atoms with Crippen molar-refractivity contribution in [1.82, 2.24) is 15.1 Å². The summed E-state index contributed by atoms with van der Waals surface area (Å²) in [5.74, 6) is 0. The van der Waals surface area contributed by atoms with Crippen LogP contribution in [0.1, 0.15) is 46.5 Å². The zero-order chi connectivity index (χ0) is 15.0. The molecule has 4 heteroatoms. The van der Waals surface area contributed by atoms with Gasteiger partial charge in [0.25, 0.3) is 0 Å². The molecule has 0 aromatic carbocycles. The smallest absolute Gasteiger partial charge is 0.105 e. The lowest BCUT2D eigenvalue weighted by Gasteiger charge is -2.37. The predicted molar refractivity (Wildman–Crippen MR) is 84.7 cm³/mol. The number of nitriles is 1. The van der Waals surface area contributed by atoms with Crippen LogP contribution in [0.4, 0.5) is 0 Å². The summed E-state index contributed by atoms with van der Waals surface area (Å²) in [7, 11) is 2.21. The normalized spacial score (nSPS) is 20.8. The van der Waals surface area contributed by atoms with E-state index in [9.17, 15) is 5.26 Å². The summed E-state index contributed by atoms with van der Waals surface area (Å²) in [6.07, 6.45) is 4.49. The molecular formula is C16H32N4. The number of nitrogens with zero attached hydrogens (tertiary/aromatic N) is 3. The van der Waals surface area contributed by atoms with Crippen molar-refractivity contribution in [2.45, 2.75) is 58.0 Å². The quantitative estimate of drug-likeness (QED) is 0.739. The van der Waals surface area contributed by atoms with Gasteiger partial charge in [-0.2, -0.15) is 5.26 Å². The Hall–Kier alpha value is -0.630. The van der Waals surface area contributed by atoms with Crippen molar-refractivity contribution in [3.05, 3.63) is 0 Å². The van der Waals surface area contributed by atoms with Crippen LogP contribution in [-0.2, 0) is 0 Å². The van der Waals surface area contributed by atoms with E-state index in [1.807, 2.05) is 6.92 Å². The molecule has 1 N–H and O–H groups in total. The monoisotopic (exact) mass is 280 g/mol. The lowest BCUT2D eigenvalue weighted by atomic mass is 9.97. The number of piperidine rings is 1. The van der Waals surface area contributed by atoms with Gasteiger partial charge in [-0.15, -0.1) is 0 Å². The molecule has 1 atom stereocenters. The molecule has 0 aromatic heterocycles.